The molecule has 0 aliphatic heterocycles. The zero-order valence-electron chi connectivity index (χ0n) is 12.5. The molecule has 1 heterocycles. The average molecular weight is 311 g/mol. The van der Waals surface area contributed by atoms with Crippen molar-refractivity contribution in [2.45, 2.75) is 45.0 Å². The second-order valence-corrected chi connectivity index (χ2v) is 6.87. The first-order valence-electron chi connectivity index (χ1n) is 7.24. The van der Waals surface area contributed by atoms with E-state index in [2.05, 4.69) is 35.9 Å². The number of imidazole rings is 1. The van der Waals surface area contributed by atoms with E-state index < -0.39 is 0 Å². The maximum atomic E-state index is 6.31. The Hall–Kier alpha value is -0.670. The molecule has 0 aliphatic rings. The van der Waals surface area contributed by atoms with Crippen molar-refractivity contribution < 1.29 is 0 Å². The van der Waals surface area contributed by atoms with Crippen molar-refractivity contribution >= 4 is 34.4 Å². The molecule has 110 valence electrons. The highest BCUT2D eigenvalue weighted by Gasteiger charge is 2.15. The molecule has 2 rings (SSSR count). The number of fused-ring (bicyclic) bond motifs is 1. The molecule has 0 bridgehead atoms. The van der Waals surface area contributed by atoms with Gasteiger partial charge in [0.15, 0.2) is 0 Å². The molecule has 1 aromatic carbocycles. The van der Waals surface area contributed by atoms with Crippen molar-refractivity contribution in [3.05, 3.63) is 29.6 Å². The van der Waals surface area contributed by atoms with Crippen LogP contribution in [0.25, 0.3) is 11.0 Å². The lowest BCUT2D eigenvalue weighted by atomic mass is 10.2. The van der Waals surface area contributed by atoms with Crippen LogP contribution in [-0.4, -0.2) is 21.6 Å². The predicted molar refractivity (Wildman–Crippen MR) is 91.0 cm³/mol. The molecule has 1 unspecified atom stereocenters. The summed E-state index contributed by atoms with van der Waals surface area (Å²) >= 11 is 8.23. The van der Waals surface area contributed by atoms with Gasteiger partial charge in [-0.3, -0.25) is 0 Å². The van der Waals surface area contributed by atoms with Crippen molar-refractivity contribution in [1.82, 2.24) is 9.55 Å². The minimum absolute atomic E-state index is 0.0482. The molecule has 0 spiro atoms. The molecule has 1 aromatic heterocycles. The van der Waals surface area contributed by atoms with Crippen LogP contribution >= 0.6 is 23.4 Å². The summed E-state index contributed by atoms with van der Waals surface area (Å²) in [5, 5.41) is -0.0482. The highest BCUT2D eigenvalue weighted by Crippen LogP contribution is 2.26. The van der Waals surface area contributed by atoms with Gasteiger partial charge in [0.1, 0.15) is 5.82 Å². The summed E-state index contributed by atoms with van der Waals surface area (Å²) in [6, 6.07) is 6.37. The second kappa shape index (κ2) is 7.37. The summed E-state index contributed by atoms with van der Waals surface area (Å²) in [5.41, 5.74) is 3.54. The summed E-state index contributed by atoms with van der Waals surface area (Å²) in [6.45, 7) is 5.13. The SMILES string of the molecule is CSCCCCCn1c(C(C)Cl)nc2c(C)cccc21. The third-order valence-electron chi connectivity index (χ3n) is 3.60. The summed E-state index contributed by atoms with van der Waals surface area (Å²) < 4.78 is 2.30. The molecule has 0 N–H and O–H groups in total. The molecule has 0 amide bonds. The van der Waals surface area contributed by atoms with Crippen LogP contribution in [0, 0.1) is 6.92 Å². The quantitative estimate of drug-likeness (QED) is 0.518. The maximum absolute atomic E-state index is 6.31. The van der Waals surface area contributed by atoms with Crippen molar-refractivity contribution in [1.29, 1.82) is 0 Å². The molecule has 4 heteroatoms. The first-order valence-corrected chi connectivity index (χ1v) is 9.07. The highest BCUT2D eigenvalue weighted by molar-refractivity contribution is 7.98. The molecule has 0 aliphatic carbocycles. The van der Waals surface area contributed by atoms with Gasteiger partial charge in [0.25, 0.3) is 0 Å². The fraction of sp³-hybridized carbons (Fsp3) is 0.562. The van der Waals surface area contributed by atoms with Crippen LogP contribution < -0.4 is 0 Å². The van der Waals surface area contributed by atoms with Gasteiger partial charge in [-0.1, -0.05) is 18.6 Å². The average Bonchev–Trinajstić information content (AvgIpc) is 2.79. The largest absolute Gasteiger partial charge is 0.327 e. The first-order chi connectivity index (χ1) is 9.65. The minimum Gasteiger partial charge on any atom is -0.327 e. The molecule has 1 atom stereocenters. The Morgan fingerprint density at radius 3 is 2.80 bits per heavy atom. The van der Waals surface area contributed by atoms with Gasteiger partial charge in [-0.05, 0) is 50.3 Å². The topological polar surface area (TPSA) is 17.8 Å². The number of aryl methyl sites for hydroxylation is 2. The monoisotopic (exact) mass is 310 g/mol. The van der Waals surface area contributed by atoms with E-state index in [1.165, 1.54) is 36.1 Å². The maximum Gasteiger partial charge on any atom is 0.127 e. The number of rotatable bonds is 7. The molecule has 0 fully saturated rings. The lowest BCUT2D eigenvalue weighted by Crippen LogP contribution is -2.04. The van der Waals surface area contributed by atoms with Gasteiger partial charge in [-0.25, -0.2) is 4.98 Å². The fourth-order valence-corrected chi connectivity index (χ4v) is 3.20. The molecular formula is C16H23ClN2S. The number of hydrogen-bond acceptors (Lipinski definition) is 2. The van der Waals surface area contributed by atoms with Gasteiger partial charge < -0.3 is 4.57 Å². The number of benzene rings is 1. The number of hydrogen-bond donors (Lipinski definition) is 0. The first kappa shape index (κ1) is 15.7. The van der Waals surface area contributed by atoms with Crippen molar-refractivity contribution in [2.24, 2.45) is 0 Å². The number of unbranched alkanes of at least 4 members (excludes halogenated alkanes) is 2. The van der Waals surface area contributed by atoms with Gasteiger partial charge in [0.2, 0.25) is 0 Å². The van der Waals surface area contributed by atoms with Crippen LogP contribution in [0.15, 0.2) is 18.2 Å². The number of alkyl halides is 1. The lowest BCUT2D eigenvalue weighted by molar-refractivity contribution is 0.593. The van der Waals surface area contributed by atoms with E-state index in [-0.39, 0.29) is 5.38 Å². The smallest absolute Gasteiger partial charge is 0.127 e. The van der Waals surface area contributed by atoms with Crippen LogP contribution in [0.4, 0.5) is 0 Å². The van der Waals surface area contributed by atoms with Crippen LogP contribution in [0.2, 0.25) is 0 Å². The number of nitrogens with zero attached hydrogens (tertiary/aromatic N) is 2. The van der Waals surface area contributed by atoms with Gasteiger partial charge in [0.05, 0.1) is 16.4 Å². The Labute approximate surface area is 130 Å². The number of aromatic nitrogens is 2. The number of halogens is 1. The number of thioether (sulfide) groups is 1. The van der Waals surface area contributed by atoms with E-state index in [0.29, 0.717) is 0 Å². The van der Waals surface area contributed by atoms with E-state index in [1.54, 1.807) is 0 Å². The van der Waals surface area contributed by atoms with E-state index in [1.807, 2.05) is 18.7 Å². The Morgan fingerprint density at radius 1 is 1.30 bits per heavy atom. The van der Waals surface area contributed by atoms with Crippen molar-refractivity contribution in [3.8, 4) is 0 Å². The van der Waals surface area contributed by atoms with E-state index >= 15 is 0 Å². The molecule has 0 saturated heterocycles. The standard InChI is InChI=1S/C16H23ClN2S/c1-12-8-7-9-14-15(12)18-16(13(2)17)19(14)10-5-4-6-11-20-3/h7-9,13H,4-6,10-11H2,1-3H3. The highest BCUT2D eigenvalue weighted by atomic mass is 35.5. The van der Waals surface area contributed by atoms with Crippen LogP contribution in [0.3, 0.4) is 0 Å². The van der Waals surface area contributed by atoms with Crippen LogP contribution in [-0.2, 0) is 6.54 Å². The summed E-state index contributed by atoms with van der Waals surface area (Å²) in [4.78, 5) is 4.75. The van der Waals surface area contributed by atoms with Crippen LogP contribution in [0.5, 0.6) is 0 Å². The molecular weight excluding hydrogens is 288 g/mol. The van der Waals surface area contributed by atoms with Gasteiger partial charge in [0, 0.05) is 6.54 Å². The summed E-state index contributed by atoms with van der Waals surface area (Å²) in [7, 11) is 0. The normalized spacial score (nSPS) is 13.0. The Morgan fingerprint density at radius 2 is 2.10 bits per heavy atom. The van der Waals surface area contributed by atoms with E-state index in [0.717, 1.165) is 17.9 Å². The Balaban J connectivity index is 2.21. The Bertz CT molecular complexity index is 563. The molecule has 2 aromatic rings. The second-order valence-electron chi connectivity index (χ2n) is 5.23. The van der Waals surface area contributed by atoms with E-state index in [9.17, 15) is 0 Å². The summed E-state index contributed by atoms with van der Waals surface area (Å²) in [6.07, 6.45) is 5.91. The molecule has 0 saturated carbocycles. The molecule has 20 heavy (non-hydrogen) atoms. The zero-order chi connectivity index (χ0) is 14.5. The Kier molecular flexibility index (Phi) is 5.79. The van der Waals surface area contributed by atoms with Crippen molar-refractivity contribution in [2.75, 3.05) is 12.0 Å². The molecule has 2 nitrogen and oxygen atoms in total. The van der Waals surface area contributed by atoms with Gasteiger partial charge in [-0.2, -0.15) is 11.8 Å². The lowest BCUT2D eigenvalue weighted by Gasteiger charge is -2.10. The summed E-state index contributed by atoms with van der Waals surface area (Å²) in [5.74, 6) is 2.25. The molecule has 0 radical (unpaired) electrons. The third-order valence-corrected chi connectivity index (χ3v) is 4.49. The van der Waals surface area contributed by atoms with Gasteiger partial charge >= 0.3 is 0 Å². The minimum atomic E-state index is -0.0482. The van der Waals surface area contributed by atoms with E-state index in [4.69, 9.17) is 16.6 Å². The predicted octanol–water partition coefficient (Wildman–Crippen LogP) is 5.18. The van der Waals surface area contributed by atoms with Crippen LogP contribution in [0.1, 0.15) is 43.0 Å². The third kappa shape index (κ3) is 3.50. The fourth-order valence-electron chi connectivity index (χ4n) is 2.54. The van der Waals surface area contributed by atoms with Crippen molar-refractivity contribution in [3.63, 3.8) is 0 Å². The van der Waals surface area contributed by atoms with Gasteiger partial charge in [-0.15, -0.1) is 11.6 Å². The number of para-hydroxylation sites is 1. The zero-order valence-corrected chi connectivity index (χ0v) is 14.1.